The van der Waals surface area contributed by atoms with E-state index in [-0.39, 0.29) is 16.6 Å². The van der Waals surface area contributed by atoms with Crippen molar-refractivity contribution in [1.82, 2.24) is 4.72 Å². The molecule has 3 N–H and O–H groups in total. The van der Waals surface area contributed by atoms with Crippen LogP contribution in [0.2, 0.25) is 0 Å². The van der Waals surface area contributed by atoms with Gasteiger partial charge in [0.25, 0.3) is 5.69 Å². The van der Waals surface area contributed by atoms with Crippen molar-refractivity contribution in [3.05, 3.63) is 33.9 Å². The van der Waals surface area contributed by atoms with Crippen molar-refractivity contribution in [2.75, 3.05) is 7.05 Å². The number of nitro groups is 1. The molecule has 0 bridgehead atoms. The van der Waals surface area contributed by atoms with Gasteiger partial charge in [-0.15, -0.1) is 0 Å². The van der Waals surface area contributed by atoms with Crippen molar-refractivity contribution in [2.45, 2.75) is 37.1 Å². The summed E-state index contributed by atoms with van der Waals surface area (Å²) in [7, 11) is -2.44. The highest BCUT2D eigenvalue weighted by molar-refractivity contribution is 7.89. The first kappa shape index (κ1) is 16.5. The van der Waals surface area contributed by atoms with Gasteiger partial charge >= 0.3 is 0 Å². The summed E-state index contributed by atoms with van der Waals surface area (Å²) in [6.07, 6.45) is 2.00. The largest absolute Gasteiger partial charge is 0.327 e. The summed E-state index contributed by atoms with van der Waals surface area (Å²) in [6.45, 7) is 1.98. The van der Waals surface area contributed by atoms with Crippen LogP contribution in [-0.4, -0.2) is 26.4 Å². The Bertz CT molecular complexity index is 586. The lowest BCUT2D eigenvalue weighted by Gasteiger charge is -2.11. The van der Waals surface area contributed by atoms with Gasteiger partial charge in [0.15, 0.2) is 0 Å². The van der Waals surface area contributed by atoms with Crippen molar-refractivity contribution in [3.63, 3.8) is 0 Å². The van der Waals surface area contributed by atoms with Gasteiger partial charge in [-0.25, -0.2) is 13.1 Å². The van der Waals surface area contributed by atoms with Crippen molar-refractivity contribution in [3.8, 4) is 0 Å². The molecule has 1 aromatic rings. The van der Waals surface area contributed by atoms with Crippen LogP contribution in [0.1, 0.15) is 25.3 Å². The molecule has 0 saturated carbocycles. The lowest BCUT2D eigenvalue weighted by Crippen LogP contribution is -2.23. The molecule has 8 heteroatoms. The Hall–Kier alpha value is -1.51. The number of sulfonamides is 1. The molecule has 0 heterocycles. The highest BCUT2D eigenvalue weighted by Gasteiger charge is 2.21. The highest BCUT2D eigenvalue weighted by atomic mass is 32.2. The standard InChI is InChI=1S/C12H19N3O4S/c1-3-4-10(13)7-9-5-6-11(20(18,19)14-2)8-12(9)15(16)17/h5-6,8,10,14H,3-4,7,13H2,1-2H3. The number of nitrogens with two attached hydrogens (primary N) is 1. The number of rotatable bonds is 7. The maximum Gasteiger partial charge on any atom is 0.273 e. The molecule has 1 unspecified atom stereocenters. The monoisotopic (exact) mass is 301 g/mol. The Morgan fingerprint density at radius 1 is 1.45 bits per heavy atom. The van der Waals surface area contributed by atoms with E-state index in [1.807, 2.05) is 6.92 Å². The van der Waals surface area contributed by atoms with E-state index in [1.165, 1.54) is 19.2 Å². The van der Waals surface area contributed by atoms with Crippen LogP contribution in [0.25, 0.3) is 0 Å². The van der Waals surface area contributed by atoms with Gasteiger partial charge in [-0.3, -0.25) is 10.1 Å². The maximum atomic E-state index is 11.7. The minimum absolute atomic E-state index is 0.125. The quantitative estimate of drug-likeness (QED) is 0.579. The minimum Gasteiger partial charge on any atom is -0.327 e. The van der Waals surface area contributed by atoms with Crippen molar-refractivity contribution in [1.29, 1.82) is 0 Å². The molecule has 0 aliphatic rings. The first-order chi connectivity index (χ1) is 9.31. The highest BCUT2D eigenvalue weighted by Crippen LogP contribution is 2.24. The second-order valence-electron chi connectivity index (χ2n) is 4.51. The lowest BCUT2D eigenvalue weighted by atomic mass is 10.0. The number of hydrogen-bond donors (Lipinski definition) is 2. The van der Waals surface area contributed by atoms with Crippen LogP contribution in [0.3, 0.4) is 0 Å². The van der Waals surface area contributed by atoms with Gasteiger partial charge in [-0.2, -0.15) is 0 Å². The normalized spacial score (nSPS) is 13.2. The number of nitrogens with one attached hydrogen (secondary N) is 1. The topological polar surface area (TPSA) is 115 Å². The van der Waals surface area contributed by atoms with Gasteiger partial charge in [0, 0.05) is 17.7 Å². The number of nitrogens with zero attached hydrogens (tertiary/aromatic N) is 1. The van der Waals surface area contributed by atoms with E-state index in [9.17, 15) is 18.5 Å². The van der Waals surface area contributed by atoms with Crippen molar-refractivity contribution < 1.29 is 13.3 Å². The predicted molar refractivity (Wildman–Crippen MR) is 75.9 cm³/mol. The average Bonchev–Trinajstić information content (AvgIpc) is 2.38. The fraction of sp³-hybridized carbons (Fsp3) is 0.500. The Kier molecular flexibility index (Phi) is 5.61. The van der Waals surface area contributed by atoms with Gasteiger partial charge in [0.05, 0.1) is 9.82 Å². The van der Waals surface area contributed by atoms with Crippen LogP contribution in [0.5, 0.6) is 0 Å². The number of hydrogen-bond acceptors (Lipinski definition) is 5. The zero-order valence-corrected chi connectivity index (χ0v) is 12.3. The van der Waals surface area contributed by atoms with E-state index >= 15 is 0 Å². The molecule has 1 rings (SSSR count). The third kappa shape index (κ3) is 3.99. The summed E-state index contributed by atoms with van der Waals surface area (Å²) >= 11 is 0. The first-order valence-corrected chi connectivity index (χ1v) is 7.76. The van der Waals surface area contributed by atoms with Gasteiger partial charge in [-0.1, -0.05) is 19.4 Å². The molecule has 0 aromatic heterocycles. The Morgan fingerprint density at radius 2 is 2.10 bits per heavy atom. The summed E-state index contributed by atoms with van der Waals surface area (Å²) in [5, 5.41) is 11.1. The number of nitro benzene ring substituents is 1. The fourth-order valence-corrected chi connectivity index (χ4v) is 2.68. The molecule has 7 nitrogen and oxygen atoms in total. The van der Waals surface area contributed by atoms with Crippen LogP contribution < -0.4 is 10.5 Å². The molecule has 0 amide bonds. The van der Waals surface area contributed by atoms with Crippen molar-refractivity contribution >= 4 is 15.7 Å². The minimum atomic E-state index is -3.70. The zero-order valence-electron chi connectivity index (χ0n) is 11.5. The molecule has 0 fully saturated rings. The smallest absolute Gasteiger partial charge is 0.273 e. The van der Waals surface area contributed by atoms with Gasteiger partial charge in [0.1, 0.15) is 0 Å². The summed E-state index contributed by atoms with van der Waals surface area (Å²) in [4.78, 5) is 10.4. The van der Waals surface area contributed by atoms with Gasteiger partial charge in [-0.05, 0) is 26.0 Å². The molecule has 0 aliphatic heterocycles. The Morgan fingerprint density at radius 3 is 2.60 bits per heavy atom. The fourth-order valence-electron chi connectivity index (χ4n) is 1.93. The van der Waals surface area contributed by atoms with Crippen molar-refractivity contribution in [2.24, 2.45) is 5.73 Å². The maximum absolute atomic E-state index is 11.7. The van der Waals surface area contributed by atoms with Crippen LogP contribution in [0.4, 0.5) is 5.69 Å². The zero-order chi connectivity index (χ0) is 15.3. The van der Waals surface area contributed by atoms with Crippen LogP contribution >= 0.6 is 0 Å². The second kappa shape index (κ2) is 6.78. The molecule has 0 radical (unpaired) electrons. The van der Waals surface area contributed by atoms with E-state index < -0.39 is 14.9 Å². The van der Waals surface area contributed by atoms with Gasteiger partial charge in [0.2, 0.25) is 10.0 Å². The Balaban J connectivity index is 3.18. The summed E-state index contributed by atoms with van der Waals surface area (Å²) < 4.78 is 25.4. The van der Waals surface area contributed by atoms with E-state index in [0.29, 0.717) is 12.0 Å². The molecule has 0 spiro atoms. The van der Waals surface area contributed by atoms with Crippen LogP contribution in [0, 0.1) is 10.1 Å². The van der Waals surface area contributed by atoms with Crippen LogP contribution in [0.15, 0.2) is 23.1 Å². The Labute approximate surface area is 118 Å². The molecule has 20 heavy (non-hydrogen) atoms. The molecular formula is C12H19N3O4S. The molecule has 0 aliphatic carbocycles. The van der Waals surface area contributed by atoms with E-state index in [1.54, 1.807) is 0 Å². The molecule has 1 aromatic carbocycles. The second-order valence-corrected chi connectivity index (χ2v) is 6.39. The molecule has 0 saturated heterocycles. The summed E-state index contributed by atoms with van der Waals surface area (Å²) in [5.41, 5.74) is 6.12. The predicted octanol–water partition coefficient (Wildman–Crippen LogP) is 1.17. The third-order valence-corrected chi connectivity index (χ3v) is 4.39. The molecule has 1 atom stereocenters. The summed E-state index contributed by atoms with van der Waals surface area (Å²) in [5.74, 6) is 0. The molecular weight excluding hydrogens is 282 g/mol. The molecule has 112 valence electrons. The van der Waals surface area contributed by atoms with E-state index in [0.717, 1.165) is 18.9 Å². The third-order valence-electron chi connectivity index (χ3n) is 2.97. The number of benzene rings is 1. The van der Waals surface area contributed by atoms with E-state index in [4.69, 9.17) is 5.73 Å². The SMILES string of the molecule is CCCC(N)Cc1ccc(S(=O)(=O)NC)cc1[N+](=O)[O-]. The first-order valence-electron chi connectivity index (χ1n) is 6.28. The van der Waals surface area contributed by atoms with E-state index in [2.05, 4.69) is 4.72 Å². The average molecular weight is 301 g/mol. The van der Waals surface area contributed by atoms with Gasteiger partial charge < -0.3 is 5.73 Å². The summed E-state index contributed by atoms with van der Waals surface area (Å²) in [6, 6.07) is 3.70. The van der Waals surface area contributed by atoms with Crippen LogP contribution in [-0.2, 0) is 16.4 Å². The lowest BCUT2D eigenvalue weighted by molar-refractivity contribution is -0.385.